The number of nitrogens with one attached hydrogen (secondary N) is 1. The molecule has 2 heterocycles. The Morgan fingerprint density at radius 1 is 1.23 bits per heavy atom. The summed E-state index contributed by atoms with van der Waals surface area (Å²) in [6.07, 6.45) is 0.708. The second kappa shape index (κ2) is 8.56. The first kappa shape index (κ1) is 21.4. The molecule has 9 heteroatoms. The molecule has 3 rings (SSSR count). The predicted molar refractivity (Wildman–Crippen MR) is 115 cm³/mol. The number of rotatable bonds is 8. The van der Waals surface area contributed by atoms with E-state index >= 15 is 0 Å². The van der Waals surface area contributed by atoms with Crippen molar-refractivity contribution in [3.63, 3.8) is 0 Å². The van der Waals surface area contributed by atoms with E-state index in [0.717, 1.165) is 12.1 Å². The van der Waals surface area contributed by atoms with Gasteiger partial charge in [-0.3, -0.25) is 19.6 Å². The molecule has 3 N–H and O–H groups in total. The first-order valence-electron chi connectivity index (χ1n) is 10.1. The molecular formula is C21H28N6O3. The maximum absolute atomic E-state index is 12.9. The highest BCUT2D eigenvalue weighted by atomic mass is 16.5. The number of ether oxygens (including phenoxy) is 1. The summed E-state index contributed by atoms with van der Waals surface area (Å²) in [6.45, 7) is 10.8. The van der Waals surface area contributed by atoms with Crippen molar-refractivity contribution in [2.24, 2.45) is 5.73 Å². The zero-order valence-electron chi connectivity index (χ0n) is 18.0. The average Bonchev–Trinajstić information content (AvgIpc) is 3.22. The number of anilines is 1. The number of primary amides is 1. The van der Waals surface area contributed by atoms with Crippen molar-refractivity contribution in [1.29, 1.82) is 0 Å². The summed E-state index contributed by atoms with van der Waals surface area (Å²) in [6, 6.07) is 4.98. The van der Waals surface area contributed by atoms with Gasteiger partial charge in [-0.15, -0.1) is 0 Å². The molecule has 2 aromatic heterocycles. The van der Waals surface area contributed by atoms with Crippen molar-refractivity contribution in [2.75, 3.05) is 5.32 Å². The lowest BCUT2D eigenvalue weighted by Crippen LogP contribution is -2.20. The van der Waals surface area contributed by atoms with Crippen molar-refractivity contribution in [3.8, 4) is 5.75 Å². The topological polar surface area (TPSA) is 117 Å². The number of aryl methyl sites for hydroxylation is 3. The summed E-state index contributed by atoms with van der Waals surface area (Å²) in [7, 11) is 0. The Morgan fingerprint density at radius 2 is 1.97 bits per heavy atom. The Hall–Kier alpha value is -3.36. The molecule has 0 radical (unpaired) electrons. The fraction of sp³-hybridized carbons (Fsp3) is 0.429. The highest BCUT2D eigenvalue weighted by Crippen LogP contribution is 2.32. The number of aromatic nitrogens is 4. The van der Waals surface area contributed by atoms with Gasteiger partial charge in [0.1, 0.15) is 17.0 Å². The quantitative estimate of drug-likeness (QED) is 0.589. The van der Waals surface area contributed by atoms with E-state index < -0.39 is 5.91 Å². The van der Waals surface area contributed by atoms with Crippen LogP contribution in [0.15, 0.2) is 18.2 Å². The van der Waals surface area contributed by atoms with Gasteiger partial charge in [0, 0.05) is 18.7 Å². The highest BCUT2D eigenvalue weighted by Gasteiger charge is 2.21. The number of nitrogens with two attached hydrogens (primary N) is 1. The molecule has 0 spiro atoms. The van der Waals surface area contributed by atoms with Crippen LogP contribution in [0.2, 0.25) is 0 Å². The van der Waals surface area contributed by atoms with Gasteiger partial charge in [-0.05, 0) is 52.3 Å². The summed E-state index contributed by atoms with van der Waals surface area (Å²) in [4.78, 5) is 29.3. The van der Waals surface area contributed by atoms with Gasteiger partial charge < -0.3 is 15.0 Å². The molecule has 0 aliphatic heterocycles. The van der Waals surface area contributed by atoms with Crippen LogP contribution in [-0.2, 0) is 13.1 Å². The zero-order valence-corrected chi connectivity index (χ0v) is 18.0. The van der Waals surface area contributed by atoms with Crippen LogP contribution in [0.25, 0.3) is 11.0 Å². The van der Waals surface area contributed by atoms with E-state index in [-0.39, 0.29) is 12.0 Å². The van der Waals surface area contributed by atoms with E-state index in [1.165, 1.54) is 0 Å². The van der Waals surface area contributed by atoms with Gasteiger partial charge in [-0.2, -0.15) is 5.10 Å². The number of amides is 2. The van der Waals surface area contributed by atoms with Crippen molar-refractivity contribution in [3.05, 3.63) is 35.2 Å². The van der Waals surface area contributed by atoms with Gasteiger partial charge >= 0.3 is 0 Å². The summed E-state index contributed by atoms with van der Waals surface area (Å²) in [5.41, 5.74) is 8.27. The molecule has 30 heavy (non-hydrogen) atoms. The molecule has 0 bridgehead atoms. The number of benzene rings is 1. The Labute approximate surface area is 175 Å². The molecular weight excluding hydrogens is 384 g/mol. The van der Waals surface area contributed by atoms with Gasteiger partial charge in [-0.1, -0.05) is 6.92 Å². The third-order valence-corrected chi connectivity index (χ3v) is 4.56. The first-order valence-corrected chi connectivity index (χ1v) is 10.1. The van der Waals surface area contributed by atoms with E-state index in [4.69, 9.17) is 10.5 Å². The lowest BCUT2D eigenvalue weighted by molar-refractivity contribution is 0.0995. The molecule has 0 saturated carbocycles. The molecule has 160 valence electrons. The van der Waals surface area contributed by atoms with Crippen molar-refractivity contribution < 1.29 is 14.3 Å². The van der Waals surface area contributed by atoms with Crippen LogP contribution < -0.4 is 15.8 Å². The molecule has 2 amide bonds. The Bertz CT molecular complexity index is 1100. The lowest BCUT2D eigenvalue weighted by atomic mass is 10.1. The Morgan fingerprint density at radius 3 is 2.57 bits per heavy atom. The standard InChI is InChI=1S/C21H28N6O3/c1-6-8-26-18-15(10-14(19(22)28)11-17(18)30-12(3)4)23-21(26)24-20(29)16-9-13(5)25-27(16)7-2/h9-12H,6-8H2,1-5H3,(H2,22,28)(H,23,24,29). The monoisotopic (exact) mass is 412 g/mol. The Balaban J connectivity index is 2.13. The molecule has 0 fully saturated rings. The molecule has 0 aliphatic rings. The molecule has 0 aliphatic carbocycles. The number of carbonyl (C=O) groups is 2. The number of fused-ring (bicyclic) bond motifs is 1. The number of nitrogens with zero attached hydrogens (tertiary/aromatic N) is 4. The smallest absolute Gasteiger partial charge is 0.276 e. The van der Waals surface area contributed by atoms with E-state index in [1.54, 1.807) is 22.9 Å². The van der Waals surface area contributed by atoms with Crippen LogP contribution in [0.4, 0.5) is 5.95 Å². The fourth-order valence-electron chi connectivity index (χ4n) is 3.39. The van der Waals surface area contributed by atoms with Crippen molar-refractivity contribution >= 4 is 28.8 Å². The molecule has 9 nitrogen and oxygen atoms in total. The van der Waals surface area contributed by atoms with Gasteiger partial charge in [0.2, 0.25) is 11.9 Å². The third kappa shape index (κ3) is 4.14. The van der Waals surface area contributed by atoms with Crippen LogP contribution in [0.3, 0.4) is 0 Å². The minimum atomic E-state index is -0.566. The molecule has 0 unspecified atom stereocenters. The lowest BCUT2D eigenvalue weighted by Gasteiger charge is -2.15. The van der Waals surface area contributed by atoms with Crippen LogP contribution in [0.1, 0.15) is 60.7 Å². The van der Waals surface area contributed by atoms with Crippen LogP contribution in [0.5, 0.6) is 5.75 Å². The summed E-state index contributed by atoms with van der Waals surface area (Å²) < 4.78 is 9.50. The van der Waals surface area contributed by atoms with E-state index in [9.17, 15) is 9.59 Å². The van der Waals surface area contributed by atoms with Crippen LogP contribution in [0, 0.1) is 6.92 Å². The number of hydrogen-bond acceptors (Lipinski definition) is 5. The second-order valence-electron chi connectivity index (χ2n) is 7.40. The second-order valence-corrected chi connectivity index (χ2v) is 7.40. The SMILES string of the molecule is CCCn1c(NC(=O)c2cc(C)nn2CC)nc2cc(C(N)=O)cc(OC(C)C)c21. The van der Waals surface area contributed by atoms with E-state index in [2.05, 4.69) is 15.4 Å². The molecule has 0 saturated heterocycles. The normalized spacial score (nSPS) is 11.3. The highest BCUT2D eigenvalue weighted by molar-refractivity contribution is 6.04. The summed E-state index contributed by atoms with van der Waals surface area (Å²) >= 11 is 0. The minimum Gasteiger partial charge on any atom is -0.489 e. The largest absolute Gasteiger partial charge is 0.489 e. The van der Waals surface area contributed by atoms with E-state index in [0.29, 0.717) is 47.1 Å². The minimum absolute atomic E-state index is 0.110. The van der Waals surface area contributed by atoms with Gasteiger partial charge in [0.25, 0.3) is 5.91 Å². The van der Waals surface area contributed by atoms with Gasteiger partial charge in [0.15, 0.2) is 0 Å². The maximum atomic E-state index is 12.9. The van der Waals surface area contributed by atoms with Crippen LogP contribution >= 0.6 is 0 Å². The van der Waals surface area contributed by atoms with Gasteiger partial charge in [0.05, 0.1) is 17.3 Å². The van der Waals surface area contributed by atoms with Crippen LogP contribution in [-0.4, -0.2) is 37.2 Å². The molecule has 3 aromatic rings. The number of carbonyl (C=O) groups excluding carboxylic acids is 2. The van der Waals surface area contributed by atoms with E-state index in [1.807, 2.05) is 39.2 Å². The maximum Gasteiger partial charge on any atom is 0.276 e. The summed E-state index contributed by atoms with van der Waals surface area (Å²) in [5, 5.41) is 7.23. The van der Waals surface area contributed by atoms with Crippen molar-refractivity contribution in [1.82, 2.24) is 19.3 Å². The zero-order chi connectivity index (χ0) is 22.0. The molecule has 0 atom stereocenters. The third-order valence-electron chi connectivity index (χ3n) is 4.56. The average molecular weight is 412 g/mol. The Kier molecular flexibility index (Phi) is 6.09. The predicted octanol–water partition coefficient (Wildman–Crippen LogP) is 3.11. The molecule has 1 aromatic carbocycles. The van der Waals surface area contributed by atoms with Crippen molar-refractivity contribution in [2.45, 2.75) is 60.2 Å². The fourth-order valence-corrected chi connectivity index (χ4v) is 3.39. The number of hydrogen-bond donors (Lipinski definition) is 2. The van der Waals surface area contributed by atoms with Gasteiger partial charge in [-0.25, -0.2) is 4.98 Å². The first-order chi connectivity index (χ1) is 14.2. The number of imidazole rings is 1. The summed E-state index contributed by atoms with van der Waals surface area (Å²) in [5.74, 6) is 0.0239.